The van der Waals surface area contributed by atoms with E-state index in [2.05, 4.69) is 17.3 Å². The van der Waals surface area contributed by atoms with Gasteiger partial charge in [-0.2, -0.15) is 0 Å². The zero-order chi connectivity index (χ0) is 16.7. The van der Waals surface area contributed by atoms with Gasteiger partial charge in [0.05, 0.1) is 11.5 Å². The van der Waals surface area contributed by atoms with Crippen molar-refractivity contribution in [1.29, 1.82) is 0 Å². The highest BCUT2D eigenvalue weighted by Crippen LogP contribution is 2.17. The molecule has 0 saturated carbocycles. The third-order valence-corrected chi connectivity index (χ3v) is 5.33. The van der Waals surface area contributed by atoms with Crippen LogP contribution < -0.4 is 10.1 Å². The first-order chi connectivity index (χ1) is 10.9. The zero-order valence-corrected chi connectivity index (χ0v) is 16.2. The maximum Gasteiger partial charge on any atom is 0.175 e. The maximum atomic E-state index is 11.5. The first kappa shape index (κ1) is 21.2. The Kier molecular flexibility index (Phi) is 9.05. The molecular weight excluding hydrogens is 348 g/mol. The summed E-state index contributed by atoms with van der Waals surface area (Å²) in [7, 11) is -1.02. The third kappa shape index (κ3) is 7.38. The molecule has 0 amide bonds. The second kappa shape index (κ2) is 10.2. The van der Waals surface area contributed by atoms with Gasteiger partial charge >= 0.3 is 0 Å². The van der Waals surface area contributed by atoms with E-state index in [1.54, 1.807) is 24.3 Å². The standard InChI is InChI=1S/C17H28N2O3S.ClH/c1-19(14-15-7-9-18-10-8-15)11-4-12-22-16-5-3-6-17(13-16)23(2,20)21;/h3,5-6,13,15,18H,4,7-12,14H2,1-2H3;1H. The minimum Gasteiger partial charge on any atom is -0.494 e. The summed E-state index contributed by atoms with van der Waals surface area (Å²) in [6, 6.07) is 6.70. The smallest absolute Gasteiger partial charge is 0.175 e. The van der Waals surface area contributed by atoms with Crippen LogP contribution in [0.2, 0.25) is 0 Å². The van der Waals surface area contributed by atoms with Crippen LogP contribution >= 0.6 is 12.4 Å². The zero-order valence-electron chi connectivity index (χ0n) is 14.5. The molecule has 1 saturated heterocycles. The number of rotatable bonds is 8. The molecule has 1 aromatic rings. The Morgan fingerprint density at radius 1 is 1.29 bits per heavy atom. The lowest BCUT2D eigenvalue weighted by Gasteiger charge is -2.27. The van der Waals surface area contributed by atoms with Gasteiger partial charge in [0.15, 0.2) is 9.84 Å². The van der Waals surface area contributed by atoms with E-state index in [1.807, 2.05) is 0 Å². The van der Waals surface area contributed by atoms with Gasteiger partial charge in [-0.15, -0.1) is 12.4 Å². The summed E-state index contributed by atoms with van der Waals surface area (Å²) >= 11 is 0. The molecule has 1 N–H and O–H groups in total. The number of nitrogens with zero attached hydrogens (tertiary/aromatic N) is 1. The Bertz CT molecular complexity index is 589. The molecule has 5 nitrogen and oxygen atoms in total. The van der Waals surface area contributed by atoms with Gasteiger partial charge in [-0.1, -0.05) is 6.07 Å². The second-order valence-electron chi connectivity index (χ2n) is 6.40. The number of sulfone groups is 1. The molecule has 1 aromatic carbocycles. The van der Waals surface area contributed by atoms with Gasteiger partial charge in [0, 0.05) is 19.3 Å². The molecule has 0 aromatic heterocycles. The molecule has 0 unspecified atom stereocenters. The molecule has 24 heavy (non-hydrogen) atoms. The summed E-state index contributed by atoms with van der Waals surface area (Å²) in [5.41, 5.74) is 0. The second-order valence-corrected chi connectivity index (χ2v) is 8.42. The lowest BCUT2D eigenvalue weighted by molar-refractivity contribution is 0.218. The Balaban J connectivity index is 0.00000288. The van der Waals surface area contributed by atoms with E-state index in [9.17, 15) is 8.42 Å². The number of halogens is 1. The van der Waals surface area contributed by atoms with E-state index in [0.717, 1.165) is 38.5 Å². The van der Waals surface area contributed by atoms with Crippen LogP contribution in [0.25, 0.3) is 0 Å². The van der Waals surface area contributed by atoms with Gasteiger partial charge in [-0.05, 0) is 63.5 Å². The molecule has 2 rings (SSSR count). The minimum atomic E-state index is -3.18. The normalized spacial score (nSPS) is 16.0. The molecule has 0 atom stereocenters. The molecular formula is C17H29ClN2O3S. The number of ether oxygens (including phenoxy) is 1. The molecule has 0 spiro atoms. The van der Waals surface area contributed by atoms with Crippen LogP contribution in [0.1, 0.15) is 19.3 Å². The fourth-order valence-electron chi connectivity index (χ4n) is 2.92. The topological polar surface area (TPSA) is 58.6 Å². The Hall–Kier alpha value is -0.820. The van der Waals surface area contributed by atoms with Crippen molar-refractivity contribution in [1.82, 2.24) is 10.2 Å². The molecule has 7 heteroatoms. The molecule has 1 aliphatic rings. The van der Waals surface area contributed by atoms with Crippen molar-refractivity contribution in [3.8, 4) is 5.75 Å². The van der Waals surface area contributed by atoms with Crippen LogP contribution in [-0.4, -0.2) is 59.4 Å². The SMILES string of the molecule is CN(CCCOc1cccc(S(C)(=O)=O)c1)CC1CCNCC1.Cl. The summed E-state index contributed by atoms with van der Waals surface area (Å²) in [6.45, 7) is 5.02. The quantitative estimate of drug-likeness (QED) is 0.705. The third-order valence-electron chi connectivity index (χ3n) is 4.22. The number of piperidine rings is 1. The highest BCUT2D eigenvalue weighted by atomic mass is 35.5. The van der Waals surface area contributed by atoms with E-state index < -0.39 is 9.84 Å². The minimum absolute atomic E-state index is 0. The van der Waals surface area contributed by atoms with E-state index in [0.29, 0.717) is 17.3 Å². The molecule has 138 valence electrons. The highest BCUT2D eigenvalue weighted by molar-refractivity contribution is 7.90. The maximum absolute atomic E-state index is 11.5. The van der Waals surface area contributed by atoms with Gasteiger partial charge in [0.2, 0.25) is 0 Å². The Morgan fingerprint density at radius 2 is 2.00 bits per heavy atom. The van der Waals surface area contributed by atoms with Gasteiger partial charge in [0.25, 0.3) is 0 Å². The van der Waals surface area contributed by atoms with Crippen molar-refractivity contribution in [2.75, 3.05) is 46.1 Å². The summed E-state index contributed by atoms with van der Waals surface area (Å²) in [4.78, 5) is 2.67. The fourth-order valence-corrected chi connectivity index (χ4v) is 3.57. The summed E-state index contributed by atoms with van der Waals surface area (Å²) in [6.07, 6.45) is 4.67. The highest BCUT2D eigenvalue weighted by Gasteiger charge is 2.14. The average molecular weight is 377 g/mol. The van der Waals surface area contributed by atoms with Crippen LogP contribution in [0.4, 0.5) is 0 Å². The summed E-state index contributed by atoms with van der Waals surface area (Å²) in [5, 5.41) is 3.39. The predicted octanol–water partition coefficient (Wildman–Crippen LogP) is 2.21. The van der Waals surface area contributed by atoms with Gasteiger partial charge in [-0.3, -0.25) is 0 Å². The van der Waals surface area contributed by atoms with Crippen molar-refractivity contribution >= 4 is 22.2 Å². The average Bonchev–Trinajstić information content (AvgIpc) is 2.52. The van der Waals surface area contributed by atoms with E-state index in [1.165, 1.54) is 19.1 Å². The molecule has 1 heterocycles. The Labute approximate surface area is 152 Å². The number of nitrogens with one attached hydrogen (secondary N) is 1. The Morgan fingerprint density at radius 3 is 2.67 bits per heavy atom. The fraction of sp³-hybridized carbons (Fsp3) is 0.647. The molecule has 0 bridgehead atoms. The predicted molar refractivity (Wildman–Crippen MR) is 100 cm³/mol. The first-order valence-electron chi connectivity index (χ1n) is 8.27. The van der Waals surface area contributed by atoms with Crippen molar-refractivity contribution in [3.05, 3.63) is 24.3 Å². The molecule has 1 aliphatic heterocycles. The number of hydrogen-bond acceptors (Lipinski definition) is 5. The first-order valence-corrected chi connectivity index (χ1v) is 10.2. The summed E-state index contributed by atoms with van der Waals surface area (Å²) < 4.78 is 28.7. The van der Waals surface area contributed by atoms with Gasteiger partial charge < -0.3 is 15.0 Å². The van der Waals surface area contributed by atoms with Gasteiger partial charge in [0.1, 0.15) is 5.75 Å². The largest absolute Gasteiger partial charge is 0.494 e. The molecule has 0 aliphatic carbocycles. The number of hydrogen-bond donors (Lipinski definition) is 1. The molecule has 1 fully saturated rings. The van der Waals surface area contributed by atoms with Crippen LogP contribution in [0.15, 0.2) is 29.2 Å². The van der Waals surface area contributed by atoms with Crippen LogP contribution in [0.3, 0.4) is 0 Å². The monoisotopic (exact) mass is 376 g/mol. The number of benzene rings is 1. The van der Waals surface area contributed by atoms with Crippen LogP contribution in [-0.2, 0) is 9.84 Å². The molecule has 0 radical (unpaired) electrons. The summed E-state index contributed by atoms with van der Waals surface area (Å²) in [5.74, 6) is 1.42. The van der Waals surface area contributed by atoms with Crippen molar-refractivity contribution in [2.45, 2.75) is 24.2 Å². The van der Waals surface area contributed by atoms with Gasteiger partial charge in [-0.25, -0.2) is 8.42 Å². The van der Waals surface area contributed by atoms with Crippen LogP contribution in [0, 0.1) is 5.92 Å². The van der Waals surface area contributed by atoms with Crippen molar-refractivity contribution < 1.29 is 13.2 Å². The lowest BCUT2D eigenvalue weighted by Crippen LogP contribution is -2.35. The van der Waals surface area contributed by atoms with E-state index in [-0.39, 0.29) is 12.4 Å². The van der Waals surface area contributed by atoms with Crippen LogP contribution in [0.5, 0.6) is 5.75 Å². The van der Waals surface area contributed by atoms with E-state index in [4.69, 9.17) is 4.74 Å². The van der Waals surface area contributed by atoms with E-state index >= 15 is 0 Å². The lowest BCUT2D eigenvalue weighted by atomic mass is 9.98. The van der Waals surface area contributed by atoms with Crippen molar-refractivity contribution in [2.24, 2.45) is 5.92 Å². The van der Waals surface area contributed by atoms with Crippen molar-refractivity contribution in [3.63, 3.8) is 0 Å².